The Bertz CT molecular complexity index is 599. The molecule has 0 heterocycles. The lowest BCUT2D eigenvalue weighted by Crippen LogP contribution is -2.25. The van der Waals surface area contributed by atoms with E-state index in [1.54, 1.807) is 36.4 Å². The first-order valence-electron chi connectivity index (χ1n) is 5.49. The van der Waals surface area contributed by atoms with Gasteiger partial charge in [0, 0.05) is 0 Å². The highest BCUT2D eigenvalue weighted by atomic mass is 35.5. The molecule has 0 bridgehead atoms. The fourth-order valence-electron chi connectivity index (χ4n) is 1.52. The van der Waals surface area contributed by atoms with E-state index < -0.39 is 11.3 Å². The average molecular weight is 276 g/mol. The number of halogens is 1. The molecule has 0 aliphatic heterocycles. The van der Waals surface area contributed by atoms with Crippen LogP contribution in [0.2, 0.25) is 0 Å². The third-order valence-electron chi connectivity index (χ3n) is 2.31. The molecule has 2 aromatic carbocycles. The fourth-order valence-corrected chi connectivity index (χ4v) is 1.60. The van der Waals surface area contributed by atoms with Crippen molar-refractivity contribution in [3.63, 3.8) is 0 Å². The van der Waals surface area contributed by atoms with Gasteiger partial charge in [-0.2, -0.15) is 0 Å². The molecule has 19 heavy (non-hydrogen) atoms. The molecular formula is C14H10ClNO3. The topological polar surface area (TPSA) is 55.4 Å². The van der Waals surface area contributed by atoms with Crippen LogP contribution in [0.15, 0.2) is 54.6 Å². The molecule has 1 N–H and O–H groups in total. The number of nitrogens with one attached hydrogen (secondary N) is 1. The Hall–Kier alpha value is -2.33. The normalized spacial score (nSPS) is 9.74. The summed E-state index contributed by atoms with van der Waals surface area (Å²) in [4.78, 5) is 22.5. The lowest BCUT2D eigenvalue weighted by molar-refractivity contribution is 0.0967. The Morgan fingerprint density at radius 1 is 0.947 bits per heavy atom. The molecule has 0 fully saturated rings. The lowest BCUT2D eigenvalue weighted by atomic mass is 10.2. The van der Waals surface area contributed by atoms with E-state index in [1.165, 1.54) is 0 Å². The molecule has 0 aliphatic rings. The van der Waals surface area contributed by atoms with Crippen LogP contribution in [0.4, 0.5) is 4.79 Å². The van der Waals surface area contributed by atoms with E-state index in [0.29, 0.717) is 11.5 Å². The molecule has 4 nitrogen and oxygen atoms in total. The van der Waals surface area contributed by atoms with Gasteiger partial charge in [-0.25, -0.2) is 0 Å². The highest BCUT2D eigenvalue weighted by Crippen LogP contribution is 2.24. The predicted octanol–water partition coefficient (Wildman–Crippen LogP) is 3.57. The Morgan fingerprint density at radius 3 is 2.26 bits per heavy atom. The molecule has 2 aromatic rings. The third kappa shape index (κ3) is 3.56. The second-order valence-corrected chi connectivity index (χ2v) is 3.98. The Labute approximate surface area is 115 Å². The zero-order valence-corrected chi connectivity index (χ0v) is 10.6. The van der Waals surface area contributed by atoms with Gasteiger partial charge in [-0.15, -0.1) is 0 Å². The molecule has 0 saturated carbocycles. The number of benzene rings is 2. The van der Waals surface area contributed by atoms with Crippen molar-refractivity contribution in [3.8, 4) is 11.5 Å². The zero-order chi connectivity index (χ0) is 13.7. The molecule has 0 atom stereocenters. The van der Waals surface area contributed by atoms with E-state index in [4.69, 9.17) is 16.3 Å². The van der Waals surface area contributed by atoms with E-state index in [-0.39, 0.29) is 5.56 Å². The maximum absolute atomic E-state index is 11.8. The van der Waals surface area contributed by atoms with Crippen LogP contribution in [0.3, 0.4) is 0 Å². The van der Waals surface area contributed by atoms with Crippen molar-refractivity contribution in [2.45, 2.75) is 0 Å². The van der Waals surface area contributed by atoms with E-state index >= 15 is 0 Å². The SMILES string of the molecule is O=C(Cl)NC(=O)c1ccccc1Oc1ccccc1. The molecule has 0 radical (unpaired) electrons. The minimum absolute atomic E-state index is 0.236. The quantitative estimate of drug-likeness (QED) is 0.688. The summed E-state index contributed by atoms with van der Waals surface area (Å²) in [5.74, 6) is 0.343. The number of hydrogen-bond acceptors (Lipinski definition) is 3. The Balaban J connectivity index is 2.26. The van der Waals surface area contributed by atoms with Crippen LogP contribution in [-0.2, 0) is 0 Å². The summed E-state index contributed by atoms with van der Waals surface area (Å²) in [7, 11) is 0. The average Bonchev–Trinajstić information content (AvgIpc) is 2.39. The van der Waals surface area contributed by atoms with Crippen LogP contribution in [0.25, 0.3) is 0 Å². The van der Waals surface area contributed by atoms with Crippen molar-refractivity contribution < 1.29 is 14.3 Å². The second-order valence-electron chi connectivity index (χ2n) is 3.64. The number of amides is 2. The Morgan fingerprint density at radius 2 is 1.58 bits per heavy atom. The molecule has 0 saturated heterocycles. The maximum Gasteiger partial charge on any atom is 0.320 e. The largest absolute Gasteiger partial charge is 0.457 e. The monoisotopic (exact) mass is 275 g/mol. The zero-order valence-electron chi connectivity index (χ0n) is 9.80. The summed E-state index contributed by atoms with van der Waals surface area (Å²) in [6.07, 6.45) is 0. The first kappa shape index (κ1) is 13.1. The van der Waals surface area contributed by atoms with Gasteiger partial charge in [0.1, 0.15) is 11.5 Å². The fraction of sp³-hybridized carbons (Fsp3) is 0. The van der Waals surface area contributed by atoms with E-state index in [2.05, 4.69) is 0 Å². The van der Waals surface area contributed by atoms with Crippen molar-refractivity contribution in [2.75, 3.05) is 0 Å². The van der Waals surface area contributed by atoms with Crippen molar-refractivity contribution in [1.82, 2.24) is 5.32 Å². The van der Waals surface area contributed by atoms with E-state index in [9.17, 15) is 9.59 Å². The van der Waals surface area contributed by atoms with Crippen LogP contribution in [0.5, 0.6) is 11.5 Å². The van der Waals surface area contributed by atoms with Crippen molar-refractivity contribution >= 4 is 22.9 Å². The van der Waals surface area contributed by atoms with Gasteiger partial charge in [-0.05, 0) is 35.9 Å². The molecule has 2 rings (SSSR count). The van der Waals surface area contributed by atoms with Crippen LogP contribution in [-0.4, -0.2) is 11.3 Å². The first-order chi connectivity index (χ1) is 9.16. The Kier molecular flexibility index (Phi) is 4.15. The molecular weight excluding hydrogens is 266 g/mol. The third-order valence-corrected chi connectivity index (χ3v) is 2.41. The lowest BCUT2D eigenvalue weighted by Gasteiger charge is -2.09. The summed E-state index contributed by atoms with van der Waals surface area (Å²) >= 11 is 5.12. The van der Waals surface area contributed by atoms with Gasteiger partial charge in [0.25, 0.3) is 5.91 Å². The van der Waals surface area contributed by atoms with Gasteiger partial charge in [-0.3, -0.25) is 14.9 Å². The maximum atomic E-state index is 11.8. The number of para-hydroxylation sites is 2. The summed E-state index contributed by atoms with van der Waals surface area (Å²) in [5, 5.41) is 1.06. The van der Waals surface area contributed by atoms with Gasteiger partial charge >= 0.3 is 5.37 Å². The number of carbonyl (C=O) groups excluding carboxylic acids is 2. The summed E-state index contributed by atoms with van der Waals surface area (Å²) in [5.41, 5.74) is 0.236. The number of hydrogen-bond donors (Lipinski definition) is 1. The molecule has 5 heteroatoms. The molecule has 2 amide bonds. The van der Waals surface area contributed by atoms with Crippen molar-refractivity contribution in [2.24, 2.45) is 0 Å². The first-order valence-corrected chi connectivity index (χ1v) is 5.87. The summed E-state index contributed by atoms with van der Waals surface area (Å²) in [6, 6.07) is 15.6. The summed E-state index contributed by atoms with van der Waals surface area (Å²) in [6.45, 7) is 0. The van der Waals surface area contributed by atoms with Crippen molar-refractivity contribution in [1.29, 1.82) is 0 Å². The number of rotatable bonds is 3. The minimum Gasteiger partial charge on any atom is -0.457 e. The summed E-state index contributed by atoms with van der Waals surface area (Å²) < 4.78 is 5.60. The molecule has 0 spiro atoms. The van der Waals surface area contributed by atoms with Gasteiger partial charge < -0.3 is 4.74 Å². The van der Waals surface area contributed by atoms with Gasteiger partial charge in [0.2, 0.25) is 0 Å². The van der Waals surface area contributed by atoms with Crippen LogP contribution >= 0.6 is 11.6 Å². The highest BCUT2D eigenvalue weighted by molar-refractivity contribution is 6.64. The number of carbonyl (C=O) groups is 2. The molecule has 0 aliphatic carbocycles. The predicted molar refractivity (Wildman–Crippen MR) is 71.7 cm³/mol. The number of imide groups is 1. The number of ether oxygens (including phenoxy) is 1. The van der Waals surface area contributed by atoms with Crippen LogP contribution in [0, 0.1) is 0 Å². The molecule has 96 valence electrons. The second kappa shape index (κ2) is 6.02. The van der Waals surface area contributed by atoms with E-state index in [0.717, 1.165) is 0 Å². The van der Waals surface area contributed by atoms with Gasteiger partial charge in [-0.1, -0.05) is 30.3 Å². The highest BCUT2D eigenvalue weighted by Gasteiger charge is 2.14. The van der Waals surface area contributed by atoms with Gasteiger partial charge in [0.15, 0.2) is 0 Å². The van der Waals surface area contributed by atoms with Crippen molar-refractivity contribution in [3.05, 3.63) is 60.2 Å². The standard InChI is InChI=1S/C14H10ClNO3/c15-14(18)16-13(17)11-8-4-5-9-12(11)19-10-6-2-1-3-7-10/h1-9H,(H,16,17,18). The minimum atomic E-state index is -0.931. The molecule has 0 unspecified atom stereocenters. The van der Waals surface area contributed by atoms with E-state index in [1.807, 2.05) is 23.5 Å². The molecule has 0 aromatic heterocycles. The smallest absolute Gasteiger partial charge is 0.320 e. The van der Waals surface area contributed by atoms with Gasteiger partial charge in [0.05, 0.1) is 5.56 Å². The van der Waals surface area contributed by atoms with Crippen LogP contribution in [0.1, 0.15) is 10.4 Å². The van der Waals surface area contributed by atoms with Crippen LogP contribution < -0.4 is 10.1 Å².